The van der Waals surface area contributed by atoms with Gasteiger partial charge in [-0.3, -0.25) is 0 Å². The normalized spacial score (nSPS) is 12.7. The van der Waals surface area contributed by atoms with Crippen molar-refractivity contribution in [2.45, 2.75) is 78.2 Å². The van der Waals surface area contributed by atoms with E-state index in [1.807, 2.05) is 0 Å². The number of nitrogens with zero attached hydrogens (tertiary/aromatic N) is 1. The van der Waals surface area contributed by atoms with Crippen LogP contribution in [-0.4, -0.2) is 29.6 Å². The Balaban J connectivity index is 2.39. The van der Waals surface area contributed by atoms with E-state index >= 15 is 0 Å². The molecule has 1 aromatic carbocycles. The highest BCUT2D eigenvalue weighted by molar-refractivity contribution is 5.24. The highest BCUT2D eigenvalue weighted by Crippen LogP contribution is 2.19. The number of hydrogen-bond acceptors (Lipinski definition) is 2. The maximum atomic E-state index is 10.4. The molecule has 0 aliphatic rings. The number of aliphatic hydroxyl groups excluding tert-OH is 1. The molecular formula is C21H37NO. The Morgan fingerprint density at radius 3 is 2.04 bits per heavy atom. The van der Waals surface area contributed by atoms with Crippen molar-refractivity contribution in [2.75, 3.05) is 19.6 Å². The monoisotopic (exact) mass is 319 g/mol. The summed E-state index contributed by atoms with van der Waals surface area (Å²) in [5.41, 5.74) is 2.46. The molecule has 1 atom stereocenters. The van der Waals surface area contributed by atoms with Crippen molar-refractivity contribution in [2.24, 2.45) is 0 Å². The predicted octanol–water partition coefficient (Wildman–Crippen LogP) is 5.35. The first-order valence-electron chi connectivity index (χ1n) is 9.70. The Labute approximate surface area is 143 Å². The Morgan fingerprint density at radius 1 is 0.826 bits per heavy atom. The van der Waals surface area contributed by atoms with Crippen LogP contribution in [0.3, 0.4) is 0 Å². The van der Waals surface area contributed by atoms with Gasteiger partial charge in [0.2, 0.25) is 0 Å². The Kier molecular flexibility index (Phi) is 11.0. The lowest BCUT2D eigenvalue weighted by Crippen LogP contribution is -2.27. The molecule has 1 unspecified atom stereocenters. The molecule has 23 heavy (non-hydrogen) atoms. The van der Waals surface area contributed by atoms with E-state index < -0.39 is 0 Å². The highest BCUT2D eigenvalue weighted by atomic mass is 16.3. The molecule has 0 bridgehead atoms. The zero-order valence-corrected chi connectivity index (χ0v) is 15.6. The molecule has 0 saturated carbocycles. The minimum absolute atomic E-state index is 0.333. The molecule has 0 fully saturated rings. The standard InChI is InChI=1S/C21H37NO/c1-4-7-8-9-10-19-11-13-20(14-12-19)21(23)15-18-22(16-5-2)17-6-3/h11-14,21,23H,4-10,15-18H2,1-3H3. The summed E-state index contributed by atoms with van der Waals surface area (Å²) < 4.78 is 0. The number of hydrogen-bond donors (Lipinski definition) is 1. The summed E-state index contributed by atoms with van der Waals surface area (Å²) in [6.45, 7) is 9.95. The lowest BCUT2D eigenvalue weighted by Gasteiger charge is -2.22. The van der Waals surface area contributed by atoms with E-state index in [1.54, 1.807) is 0 Å². The van der Waals surface area contributed by atoms with Crippen LogP contribution in [-0.2, 0) is 6.42 Å². The summed E-state index contributed by atoms with van der Waals surface area (Å²) in [7, 11) is 0. The molecule has 0 amide bonds. The molecular weight excluding hydrogens is 282 g/mol. The molecule has 0 spiro atoms. The fourth-order valence-corrected chi connectivity index (χ4v) is 3.10. The zero-order chi connectivity index (χ0) is 16.9. The van der Waals surface area contributed by atoms with Crippen molar-refractivity contribution in [3.63, 3.8) is 0 Å². The van der Waals surface area contributed by atoms with Crippen molar-refractivity contribution < 1.29 is 5.11 Å². The van der Waals surface area contributed by atoms with Crippen LogP contribution in [0.15, 0.2) is 24.3 Å². The van der Waals surface area contributed by atoms with Crippen molar-refractivity contribution in [1.29, 1.82) is 0 Å². The van der Waals surface area contributed by atoms with Gasteiger partial charge in [0, 0.05) is 6.54 Å². The van der Waals surface area contributed by atoms with Crippen LogP contribution in [0, 0.1) is 0 Å². The summed E-state index contributed by atoms with van der Waals surface area (Å²) >= 11 is 0. The lowest BCUT2D eigenvalue weighted by atomic mass is 10.0. The molecule has 2 heteroatoms. The summed E-state index contributed by atoms with van der Waals surface area (Å²) in [4.78, 5) is 2.46. The Morgan fingerprint density at radius 2 is 1.48 bits per heavy atom. The molecule has 0 aliphatic carbocycles. The van der Waals surface area contributed by atoms with Gasteiger partial charge >= 0.3 is 0 Å². The third-order valence-corrected chi connectivity index (χ3v) is 4.48. The molecule has 1 rings (SSSR count). The second kappa shape index (κ2) is 12.5. The SMILES string of the molecule is CCCCCCc1ccc(C(O)CCN(CCC)CCC)cc1. The van der Waals surface area contributed by atoms with Gasteiger partial charge in [0.15, 0.2) is 0 Å². The number of aliphatic hydroxyl groups is 1. The zero-order valence-electron chi connectivity index (χ0n) is 15.6. The van der Waals surface area contributed by atoms with Crippen molar-refractivity contribution in [3.8, 4) is 0 Å². The smallest absolute Gasteiger partial charge is 0.0802 e. The van der Waals surface area contributed by atoms with Crippen molar-refractivity contribution in [3.05, 3.63) is 35.4 Å². The van der Waals surface area contributed by atoms with Crippen molar-refractivity contribution in [1.82, 2.24) is 4.90 Å². The number of rotatable bonds is 13. The third-order valence-electron chi connectivity index (χ3n) is 4.48. The molecule has 132 valence electrons. The molecule has 0 radical (unpaired) electrons. The van der Waals surface area contributed by atoms with Gasteiger partial charge in [-0.05, 0) is 56.3 Å². The van der Waals surface area contributed by atoms with E-state index in [9.17, 15) is 5.11 Å². The van der Waals surface area contributed by atoms with Crippen LogP contribution in [0.1, 0.15) is 82.9 Å². The average Bonchev–Trinajstić information content (AvgIpc) is 2.57. The largest absolute Gasteiger partial charge is 0.388 e. The van der Waals surface area contributed by atoms with Gasteiger partial charge in [-0.1, -0.05) is 64.3 Å². The first kappa shape index (κ1) is 20.2. The van der Waals surface area contributed by atoms with Gasteiger partial charge in [-0.2, -0.15) is 0 Å². The fourth-order valence-electron chi connectivity index (χ4n) is 3.10. The maximum Gasteiger partial charge on any atom is 0.0802 e. The Hall–Kier alpha value is -0.860. The van der Waals surface area contributed by atoms with Gasteiger partial charge < -0.3 is 10.0 Å². The highest BCUT2D eigenvalue weighted by Gasteiger charge is 2.10. The third kappa shape index (κ3) is 8.53. The molecule has 0 saturated heterocycles. The van der Waals surface area contributed by atoms with Gasteiger partial charge in [0.05, 0.1) is 6.10 Å². The lowest BCUT2D eigenvalue weighted by molar-refractivity contribution is 0.141. The van der Waals surface area contributed by atoms with Gasteiger partial charge in [0.1, 0.15) is 0 Å². The first-order chi connectivity index (χ1) is 11.2. The summed E-state index contributed by atoms with van der Waals surface area (Å²) in [5.74, 6) is 0. The summed E-state index contributed by atoms with van der Waals surface area (Å²) in [5, 5.41) is 10.4. The minimum Gasteiger partial charge on any atom is -0.388 e. The van der Waals surface area contributed by atoms with E-state index in [4.69, 9.17) is 0 Å². The first-order valence-corrected chi connectivity index (χ1v) is 9.70. The second-order valence-corrected chi connectivity index (χ2v) is 6.70. The summed E-state index contributed by atoms with van der Waals surface area (Å²) in [6, 6.07) is 8.62. The van der Waals surface area contributed by atoms with Crippen molar-refractivity contribution >= 4 is 0 Å². The molecule has 0 aliphatic heterocycles. The van der Waals surface area contributed by atoms with E-state index in [2.05, 4.69) is 49.9 Å². The van der Waals surface area contributed by atoms with Crippen LogP contribution in [0.2, 0.25) is 0 Å². The van der Waals surface area contributed by atoms with E-state index in [0.29, 0.717) is 0 Å². The fraction of sp³-hybridized carbons (Fsp3) is 0.714. The predicted molar refractivity (Wildman–Crippen MR) is 101 cm³/mol. The molecule has 1 N–H and O–H groups in total. The molecule has 0 aromatic heterocycles. The molecule has 0 heterocycles. The number of aryl methyl sites for hydroxylation is 1. The number of unbranched alkanes of at least 4 members (excludes halogenated alkanes) is 3. The van der Waals surface area contributed by atoms with Gasteiger partial charge in [-0.15, -0.1) is 0 Å². The topological polar surface area (TPSA) is 23.5 Å². The molecule has 2 nitrogen and oxygen atoms in total. The average molecular weight is 320 g/mol. The number of benzene rings is 1. The van der Waals surface area contributed by atoms with E-state index in [-0.39, 0.29) is 6.10 Å². The Bertz CT molecular complexity index is 381. The van der Waals surface area contributed by atoms with Gasteiger partial charge in [-0.25, -0.2) is 0 Å². The van der Waals surface area contributed by atoms with E-state index in [1.165, 1.54) is 44.1 Å². The van der Waals surface area contributed by atoms with Crippen LogP contribution >= 0.6 is 0 Å². The minimum atomic E-state index is -0.333. The molecule has 1 aromatic rings. The maximum absolute atomic E-state index is 10.4. The van der Waals surface area contributed by atoms with Crippen LogP contribution in [0.5, 0.6) is 0 Å². The van der Waals surface area contributed by atoms with E-state index in [0.717, 1.165) is 38.0 Å². The summed E-state index contributed by atoms with van der Waals surface area (Å²) in [6.07, 6.45) is 9.25. The van der Waals surface area contributed by atoms with Crippen LogP contribution in [0.25, 0.3) is 0 Å². The van der Waals surface area contributed by atoms with Gasteiger partial charge in [0.25, 0.3) is 0 Å². The quantitative estimate of drug-likeness (QED) is 0.495. The van der Waals surface area contributed by atoms with Crippen LogP contribution in [0.4, 0.5) is 0 Å². The van der Waals surface area contributed by atoms with Crippen LogP contribution < -0.4 is 0 Å². The second-order valence-electron chi connectivity index (χ2n) is 6.70.